The molecule has 6 heteroatoms. The third kappa shape index (κ3) is 5.83. The summed E-state index contributed by atoms with van der Waals surface area (Å²) < 4.78 is 0. The molecule has 1 aromatic rings. The molecule has 3 N–H and O–H groups in total. The Morgan fingerprint density at radius 1 is 1.24 bits per heavy atom. The van der Waals surface area contributed by atoms with Crippen molar-refractivity contribution in [2.45, 2.75) is 38.6 Å². The number of carbonyl (C=O) groups excluding carboxylic acids is 2. The quantitative estimate of drug-likeness (QED) is 0.745. The average molecular weight is 346 g/mol. The molecule has 0 unspecified atom stereocenters. The van der Waals surface area contributed by atoms with E-state index in [-0.39, 0.29) is 17.9 Å². The molecule has 138 valence electrons. The number of nitrogens with one attached hydrogen (secondary N) is 1. The van der Waals surface area contributed by atoms with Gasteiger partial charge < -0.3 is 20.9 Å². The Bertz CT molecular complexity index is 542. The Balaban J connectivity index is 1.86. The molecule has 2 amide bonds. The normalized spacial score (nSPS) is 15.8. The second-order valence-electron chi connectivity index (χ2n) is 6.41. The third-order valence-corrected chi connectivity index (χ3v) is 4.65. The average Bonchev–Trinajstić information content (AvgIpc) is 2.66. The predicted octanol–water partition coefficient (Wildman–Crippen LogP) is 1.36. The molecule has 1 fully saturated rings. The van der Waals surface area contributed by atoms with Gasteiger partial charge in [-0.05, 0) is 25.0 Å². The standard InChI is InChI=1S/C19H30N4O2/c1-2-19(25)23(16-6-4-3-5-7-16)17-8-13-22(14-9-17)15-10-18(24)21-12-11-20/h3-7,17H,2,8-15,20H2,1H3,(H,21,24). The van der Waals surface area contributed by atoms with Gasteiger partial charge >= 0.3 is 0 Å². The van der Waals surface area contributed by atoms with E-state index in [0.29, 0.717) is 25.9 Å². The van der Waals surface area contributed by atoms with Crippen molar-refractivity contribution in [2.75, 3.05) is 37.6 Å². The van der Waals surface area contributed by atoms with Crippen molar-refractivity contribution in [3.63, 3.8) is 0 Å². The fraction of sp³-hybridized carbons (Fsp3) is 0.579. The van der Waals surface area contributed by atoms with Crippen LogP contribution in [0.15, 0.2) is 30.3 Å². The summed E-state index contributed by atoms with van der Waals surface area (Å²) in [5.41, 5.74) is 6.37. The van der Waals surface area contributed by atoms with E-state index in [1.807, 2.05) is 42.2 Å². The van der Waals surface area contributed by atoms with E-state index in [2.05, 4.69) is 10.2 Å². The van der Waals surface area contributed by atoms with Crippen LogP contribution < -0.4 is 16.0 Å². The smallest absolute Gasteiger partial charge is 0.226 e. The first-order valence-electron chi connectivity index (χ1n) is 9.22. The van der Waals surface area contributed by atoms with Crippen molar-refractivity contribution >= 4 is 17.5 Å². The first-order valence-corrected chi connectivity index (χ1v) is 9.22. The van der Waals surface area contributed by atoms with Crippen molar-refractivity contribution in [3.8, 4) is 0 Å². The Morgan fingerprint density at radius 3 is 2.52 bits per heavy atom. The first-order chi connectivity index (χ1) is 12.2. The molecule has 0 saturated carbocycles. The highest BCUT2D eigenvalue weighted by Crippen LogP contribution is 2.24. The maximum absolute atomic E-state index is 12.5. The number of rotatable bonds is 8. The third-order valence-electron chi connectivity index (χ3n) is 4.65. The summed E-state index contributed by atoms with van der Waals surface area (Å²) in [5.74, 6) is 0.227. The highest BCUT2D eigenvalue weighted by molar-refractivity contribution is 5.93. The summed E-state index contributed by atoms with van der Waals surface area (Å²) in [6.45, 7) is 5.50. The molecule has 1 saturated heterocycles. The summed E-state index contributed by atoms with van der Waals surface area (Å²) in [4.78, 5) is 28.4. The van der Waals surface area contributed by atoms with Gasteiger partial charge in [-0.25, -0.2) is 0 Å². The van der Waals surface area contributed by atoms with E-state index in [0.717, 1.165) is 38.2 Å². The molecule has 1 aliphatic heterocycles. The molecule has 6 nitrogen and oxygen atoms in total. The van der Waals surface area contributed by atoms with Crippen LogP contribution in [0.1, 0.15) is 32.6 Å². The Labute approximate surface area is 150 Å². The first kappa shape index (κ1) is 19.4. The van der Waals surface area contributed by atoms with Gasteiger partial charge in [-0.15, -0.1) is 0 Å². The SMILES string of the molecule is CCC(=O)N(c1ccccc1)C1CCN(CCC(=O)NCCN)CC1. The Hall–Kier alpha value is -1.92. The largest absolute Gasteiger partial charge is 0.355 e. The number of likely N-dealkylation sites (tertiary alicyclic amines) is 1. The van der Waals surface area contributed by atoms with Gasteiger partial charge in [0, 0.05) is 57.3 Å². The van der Waals surface area contributed by atoms with Crippen LogP contribution in [0, 0.1) is 0 Å². The van der Waals surface area contributed by atoms with E-state index in [9.17, 15) is 9.59 Å². The molecule has 1 aromatic carbocycles. The lowest BCUT2D eigenvalue weighted by molar-refractivity contribution is -0.121. The van der Waals surface area contributed by atoms with Crippen LogP contribution in [0.4, 0.5) is 5.69 Å². The molecule has 0 aromatic heterocycles. The number of anilines is 1. The zero-order valence-corrected chi connectivity index (χ0v) is 15.1. The molecule has 25 heavy (non-hydrogen) atoms. The minimum absolute atomic E-state index is 0.0552. The zero-order valence-electron chi connectivity index (χ0n) is 15.1. The fourth-order valence-corrected chi connectivity index (χ4v) is 3.28. The zero-order chi connectivity index (χ0) is 18.1. The highest BCUT2D eigenvalue weighted by atomic mass is 16.2. The van der Waals surface area contributed by atoms with Crippen LogP contribution in [0.5, 0.6) is 0 Å². The Morgan fingerprint density at radius 2 is 1.92 bits per heavy atom. The van der Waals surface area contributed by atoms with Crippen LogP contribution in [0.3, 0.4) is 0 Å². The highest BCUT2D eigenvalue weighted by Gasteiger charge is 2.28. The van der Waals surface area contributed by atoms with Gasteiger partial charge in [-0.1, -0.05) is 25.1 Å². The number of hydrogen-bond donors (Lipinski definition) is 2. The number of amides is 2. The topological polar surface area (TPSA) is 78.7 Å². The lowest BCUT2D eigenvalue weighted by Gasteiger charge is -2.38. The van der Waals surface area contributed by atoms with Crippen LogP contribution in [-0.2, 0) is 9.59 Å². The predicted molar refractivity (Wildman–Crippen MR) is 100 cm³/mol. The molecular formula is C19H30N4O2. The molecule has 0 aliphatic carbocycles. The van der Waals surface area contributed by atoms with Gasteiger partial charge in [-0.3, -0.25) is 9.59 Å². The molecular weight excluding hydrogens is 316 g/mol. The van der Waals surface area contributed by atoms with Crippen LogP contribution >= 0.6 is 0 Å². The van der Waals surface area contributed by atoms with Gasteiger partial charge in [0.2, 0.25) is 11.8 Å². The van der Waals surface area contributed by atoms with Crippen LogP contribution in [0.25, 0.3) is 0 Å². The van der Waals surface area contributed by atoms with Crippen molar-refractivity contribution in [2.24, 2.45) is 5.73 Å². The summed E-state index contributed by atoms with van der Waals surface area (Å²) in [5, 5.41) is 2.80. The Kier molecular flexibility index (Phi) is 7.88. The van der Waals surface area contributed by atoms with Crippen LogP contribution in [-0.4, -0.2) is 55.5 Å². The number of carbonyl (C=O) groups is 2. The van der Waals surface area contributed by atoms with Crippen molar-refractivity contribution in [1.82, 2.24) is 10.2 Å². The maximum atomic E-state index is 12.5. The number of hydrogen-bond acceptors (Lipinski definition) is 4. The molecule has 0 radical (unpaired) electrons. The molecule has 2 rings (SSSR count). The van der Waals surface area contributed by atoms with Gasteiger partial charge in [0.1, 0.15) is 0 Å². The van der Waals surface area contributed by atoms with Gasteiger partial charge in [0.25, 0.3) is 0 Å². The second-order valence-corrected chi connectivity index (χ2v) is 6.41. The molecule has 0 atom stereocenters. The molecule has 0 spiro atoms. The van der Waals surface area contributed by atoms with E-state index < -0.39 is 0 Å². The number of benzene rings is 1. The lowest BCUT2D eigenvalue weighted by Crippen LogP contribution is -2.48. The van der Waals surface area contributed by atoms with Gasteiger partial charge in [-0.2, -0.15) is 0 Å². The second kappa shape index (κ2) is 10.2. The van der Waals surface area contributed by atoms with E-state index in [4.69, 9.17) is 5.73 Å². The van der Waals surface area contributed by atoms with Crippen LogP contribution in [0.2, 0.25) is 0 Å². The van der Waals surface area contributed by atoms with E-state index in [1.54, 1.807) is 0 Å². The number of nitrogens with two attached hydrogens (primary N) is 1. The minimum atomic E-state index is 0.0552. The molecule has 1 aliphatic rings. The van der Waals surface area contributed by atoms with Gasteiger partial charge in [0.15, 0.2) is 0 Å². The monoisotopic (exact) mass is 346 g/mol. The fourth-order valence-electron chi connectivity index (χ4n) is 3.28. The maximum Gasteiger partial charge on any atom is 0.226 e. The lowest BCUT2D eigenvalue weighted by atomic mass is 10.0. The van der Waals surface area contributed by atoms with Crippen molar-refractivity contribution < 1.29 is 9.59 Å². The molecule has 0 bridgehead atoms. The number of nitrogens with zero attached hydrogens (tertiary/aromatic N) is 2. The summed E-state index contributed by atoms with van der Waals surface area (Å²) in [6.07, 6.45) is 2.88. The van der Waals surface area contributed by atoms with Crippen molar-refractivity contribution in [1.29, 1.82) is 0 Å². The van der Waals surface area contributed by atoms with E-state index in [1.165, 1.54) is 0 Å². The summed E-state index contributed by atoms with van der Waals surface area (Å²) in [6, 6.07) is 10.2. The van der Waals surface area contributed by atoms with Gasteiger partial charge in [0.05, 0.1) is 0 Å². The van der Waals surface area contributed by atoms with Crippen molar-refractivity contribution in [3.05, 3.63) is 30.3 Å². The molecule has 1 heterocycles. The van der Waals surface area contributed by atoms with E-state index >= 15 is 0 Å². The number of para-hydroxylation sites is 1. The summed E-state index contributed by atoms with van der Waals surface area (Å²) >= 11 is 0. The summed E-state index contributed by atoms with van der Waals surface area (Å²) in [7, 11) is 0. The minimum Gasteiger partial charge on any atom is -0.355 e. The number of piperidine rings is 1.